The summed E-state index contributed by atoms with van der Waals surface area (Å²) in [4.78, 5) is 38.2. The molecule has 446 valence electrons. The van der Waals surface area contributed by atoms with E-state index in [0.29, 0.717) is 19.3 Å². The first-order valence-electron chi connectivity index (χ1n) is 33.4. The molecule has 0 aliphatic carbocycles. The Morgan fingerprint density at radius 3 is 0.857 bits per heavy atom. The summed E-state index contributed by atoms with van der Waals surface area (Å²) in [6, 6.07) is 0. The molecule has 0 aromatic heterocycles. The Morgan fingerprint density at radius 1 is 0.273 bits per heavy atom. The molecule has 0 aliphatic rings. The summed E-state index contributed by atoms with van der Waals surface area (Å²) in [5, 5.41) is 0. The molecule has 0 aliphatic heterocycles. The van der Waals surface area contributed by atoms with Gasteiger partial charge in [0.15, 0.2) is 6.10 Å². The summed E-state index contributed by atoms with van der Waals surface area (Å²) in [6.07, 6.45) is 85.1. The smallest absolute Gasteiger partial charge is 0.306 e. The summed E-state index contributed by atoms with van der Waals surface area (Å²) in [5.74, 6) is -0.875. The van der Waals surface area contributed by atoms with Crippen molar-refractivity contribution in [3.8, 4) is 0 Å². The Morgan fingerprint density at radius 2 is 0.532 bits per heavy atom. The summed E-state index contributed by atoms with van der Waals surface area (Å²) >= 11 is 0. The predicted octanol–water partition coefficient (Wildman–Crippen LogP) is 22.9. The molecule has 1 atom stereocenters. The van der Waals surface area contributed by atoms with Crippen molar-refractivity contribution in [3.05, 3.63) is 72.9 Å². The molecule has 77 heavy (non-hydrogen) atoms. The zero-order valence-corrected chi connectivity index (χ0v) is 51.2. The second-order valence-corrected chi connectivity index (χ2v) is 22.3. The van der Waals surface area contributed by atoms with Crippen molar-refractivity contribution in [2.24, 2.45) is 0 Å². The molecule has 0 rings (SSSR count). The van der Waals surface area contributed by atoms with Crippen LogP contribution in [0.2, 0.25) is 0 Å². The number of allylic oxidation sites excluding steroid dienone is 12. The van der Waals surface area contributed by atoms with E-state index in [0.717, 1.165) is 96.3 Å². The Labute approximate surface area is 478 Å². The number of ether oxygens (including phenoxy) is 3. The summed E-state index contributed by atoms with van der Waals surface area (Å²) in [5.41, 5.74) is 0. The molecule has 0 heterocycles. The number of hydrogen-bond acceptors (Lipinski definition) is 6. The van der Waals surface area contributed by atoms with Crippen LogP contribution in [-0.4, -0.2) is 37.2 Å². The van der Waals surface area contributed by atoms with E-state index in [1.807, 2.05) is 0 Å². The molecule has 0 saturated carbocycles. The van der Waals surface area contributed by atoms with E-state index in [2.05, 4.69) is 93.7 Å². The van der Waals surface area contributed by atoms with Crippen LogP contribution in [0.4, 0.5) is 0 Å². The minimum absolute atomic E-state index is 0.0759. The number of rotatable bonds is 61. The van der Waals surface area contributed by atoms with Crippen LogP contribution in [0.1, 0.15) is 342 Å². The highest BCUT2D eigenvalue weighted by molar-refractivity contribution is 5.71. The van der Waals surface area contributed by atoms with E-state index in [9.17, 15) is 14.4 Å². The molecule has 6 nitrogen and oxygen atoms in total. The summed E-state index contributed by atoms with van der Waals surface area (Å²) < 4.78 is 16.9. The van der Waals surface area contributed by atoms with Gasteiger partial charge < -0.3 is 14.2 Å². The maximum absolute atomic E-state index is 12.9. The monoisotopic (exact) mass is 1070 g/mol. The van der Waals surface area contributed by atoms with Gasteiger partial charge >= 0.3 is 17.9 Å². The first-order valence-corrected chi connectivity index (χ1v) is 33.4. The molecular formula is C71H126O6. The van der Waals surface area contributed by atoms with Crippen molar-refractivity contribution in [1.82, 2.24) is 0 Å². The SMILES string of the molecule is CC/C=C\C/C=C\C/C=C\C/C=C\CCCCCCCCCCCCCCCCCCCCC(=O)OCC(COC(=O)CCCCCCC/C=C\CCC)OC(=O)CCCCCCCCC/C=C\CCCCCCCCC. The second kappa shape index (κ2) is 65.4. The normalized spacial score (nSPS) is 12.5. The van der Waals surface area contributed by atoms with Gasteiger partial charge in [-0.3, -0.25) is 14.4 Å². The molecule has 0 bridgehead atoms. The molecule has 0 amide bonds. The van der Waals surface area contributed by atoms with Crippen LogP contribution in [0.15, 0.2) is 72.9 Å². The molecule has 0 N–H and O–H groups in total. The van der Waals surface area contributed by atoms with Gasteiger partial charge in [0.1, 0.15) is 13.2 Å². The third-order valence-corrected chi connectivity index (χ3v) is 14.6. The Kier molecular flexibility index (Phi) is 62.7. The highest BCUT2D eigenvalue weighted by Gasteiger charge is 2.19. The maximum atomic E-state index is 12.9. The lowest BCUT2D eigenvalue weighted by Gasteiger charge is -2.18. The van der Waals surface area contributed by atoms with Gasteiger partial charge in [0.2, 0.25) is 0 Å². The fourth-order valence-electron chi connectivity index (χ4n) is 9.67. The Hall–Kier alpha value is -3.15. The predicted molar refractivity (Wildman–Crippen MR) is 335 cm³/mol. The van der Waals surface area contributed by atoms with E-state index < -0.39 is 6.10 Å². The number of unbranched alkanes of at least 4 members (excludes halogenated alkanes) is 38. The van der Waals surface area contributed by atoms with Gasteiger partial charge in [-0.25, -0.2) is 0 Å². The van der Waals surface area contributed by atoms with Crippen LogP contribution in [0.5, 0.6) is 0 Å². The van der Waals surface area contributed by atoms with Crippen molar-refractivity contribution >= 4 is 17.9 Å². The number of carbonyl (C=O) groups is 3. The van der Waals surface area contributed by atoms with E-state index in [1.54, 1.807) is 0 Å². The zero-order chi connectivity index (χ0) is 55.7. The van der Waals surface area contributed by atoms with Crippen LogP contribution in [0.3, 0.4) is 0 Å². The van der Waals surface area contributed by atoms with Gasteiger partial charge in [-0.05, 0) is 103 Å². The van der Waals surface area contributed by atoms with Crippen LogP contribution in [-0.2, 0) is 28.6 Å². The van der Waals surface area contributed by atoms with Crippen LogP contribution < -0.4 is 0 Å². The third-order valence-electron chi connectivity index (χ3n) is 14.6. The lowest BCUT2D eigenvalue weighted by atomic mass is 10.0. The van der Waals surface area contributed by atoms with Gasteiger partial charge in [-0.2, -0.15) is 0 Å². The Balaban J connectivity index is 4.12. The number of esters is 3. The zero-order valence-electron chi connectivity index (χ0n) is 51.2. The average Bonchev–Trinajstić information content (AvgIpc) is 3.43. The van der Waals surface area contributed by atoms with Gasteiger partial charge in [0.25, 0.3) is 0 Å². The number of hydrogen-bond donors (Lipinski definition) is 0. The molecule has 0 spiro atoms. The van der Waals surface area contributed by atoms with Gasteiger partial charge in [0.05, 0.1) is 0 Å². The Bertz CT molecular complexity index is 1420. The first-order chi connectivity index (χ1) is 38.0. The standard InChI is InChI=1S/C71H126O6/c1-4-7-10-13-16-19-22-24-26-28-30-31-32-33-34-35-36-37-38-39-40-41-42-44-45-47-49-52-55-58-61-64-70(73)76-67-68(66-75-69(72)63-60-57-54-51-21-18-15-12-9-6-3)77-71(74)65-62-59-56-53-50-48-46-43-29-27-25-23-20-17-14-11-8-5-2/h7,10,12,15-16,19,24,26-27,29-31,68H,4-6,8-9,11,13-14,17-18,20-23,25,28,32-67H2,1-3H3/b10-7-,15-12-,19-16-,26-24-,29-27-,31-30-. The van der Waals surface area contributed by atoms with Gasteiger partial charge in [-0.1, -0.05) is 293 Å². The fraction of sp³-hybridized carbons (Fsp3) is 0.789. The summed E-state index contributed by atoms with van der Waals surface area (Å²) in [7, 11) is 0. The lowest BCUT2D eigenvalue weighted by Crippen LogP contribution is -2.30. The molecule has 0 fully saturated rings. The van der Waals surface area contributed by atoms with E-state index in [4.69, 9.17) is 14.2 Å². The van der Waals surface area contributed by atoms with Crippen LogP contribution in [0.25, 0.3) is 0 Å². The van der Waals surface area contributed by atoms with Crippen LogP contribution >= 0.6 is 0 Å². The van der Waals surface area contributed by atoms with Crippen LogP contribution in [0, 0.1) is 0 Å². The van der Waals surface area contributed by atoms with Gasteiger partial charge in [0, 0.05) is 19.3 Å². The number of carbonyl (C=O) groups excluding carboxylic acids is 3. The third kappa shape index (κ3) is 63.6. The van der Waals surface area contributed by atoms with Crippen molar-refractivity contribution in [2.75, 3.05) is 13.2 Å². The topological polar surface area (TPSA) is 78.9 Å². The fourth-order valence-corrected chi connectivity index (χ4v) is 9.67. The average molecular weight is 1080 g/mol. The minimum atomic E-state index is -0.779. The van der Waals surface area contributed by atoms with Crippen molar-refractivity contribution in [2.45, 2.75) is 348 Å². The van der Waals surface area contributed by atoms with Crippen molar-refractivity contribution in [1.29, 1.82) is 0 Å². The molecule has 1 unspecified atom stereocenters. The van der Waals surface area contributed by atoms with Gasteiger partial charge in [-0.15, -0.1) is 0 Å². The van der Waals surface area contributed by atoms with Crippen molar-refractivity contribution in [3.63, 3.8) is 0 Å². The van der Waals surface area contributed by atoms with E-state index in [-0.39, 0.29) is 31.1 Å². The highest BCUT2D eigenvalue weighted by Crippen LogP contribution is 2.17. The molecule has 0 aromatic carbocycles. The maximum Gasteiger partial charge on any atom is 0.306 e. The second-order valence-electron chi connectivity index (χ2n) is 22.3. The molecule has 0 saturated heterocycles. The highest BCUT2D eigenvalue weighted by atomic mass is 16.6. The van der Waals surface area contributed by atoms with Crippen molar-refractivity contribution < 1.29 is 28.6 Å². The first kappa shape index (κ1) is 73.8. The summed E-state index contributed by atoms with van der Waals surface area (Å²) in [6.45, 7) is 6.49. The largest absolute Gasteiger partial charge is 0.462 e. The quantitative estimate of drug-likeness (QED) is 0.0261. The lowest BCUT2D eigenvalue weighted by molar-refractivity contribution is -0.167. The molecular weight excluding hydrogens is 949 g/mol. The van der Waals surface area contributed by atoms with E-state index in [1.165, 1.54) is 205 Å². The molecule has 0 aromatic rings. The molecule has 0 radical (unpaired) electrons. The molecule has 6 heteroatoms. The minimum Gasteiger partial charge on any atom is -0.462 e. The van der Waals surface area contributed by atoms with E-state index >= 15 is 0 Å².